The van der Waals surface area contributed by atoms with Crippen LogP contribution >= 0.6 is 0 Å². The molecule has 0 aromatic heterocycles. The summed E-state index contributed by atoms with van der Waals surface area (Å²) in [5, 5.41) is 0. The van der Waals surface area contributed by atoms with E-state index in [2.05, 4.69) is 11.8 Å². The summed E-state index contributed by atoms with van der Waals surface area (Å²) in [5.41, 5.74) is 5.73. The van der Waals surface area contributed by atoms with Crippen molar-refractivity contribution >= 4 is 0 Å². The third-order valence-corrected chi connectivity index (χ3v) is 2.24. The first-order valence-corrected chi connectivity index (χ1v) is 4.77. The van der Waals surface area contributed by atoms with Gasteiger partial charge in [0.05, 0.1) is 0 Å². The van der Waals surface area contributed by atoms with Crippen LogP contribution in [0.25, 0.3) is 0 Å². The largest absolute Gasteiger partial charge is 0.327 e. The van der Waals surface area contributed by atoms with Gasteiger partial charge in [0.15, 0.2) is 0 Å². The third-order valence-electron chi connectivity index (χ3n) is 2.24. The van der Waals surface area contributed by atoms with Crippen LogP contribution < -0.4 is 5.73 Å². The highest BCUT2D eigenvalue weighted by Gasteiger charge is 2.09. The smallest absolute Gasteiger partial charge is 0.0139 e. The first-order valence-electron chi connectivity index (χ1n) is 4.77. The van der Waals surface area contributed by atoms with Crippen molar-refractivity contribution in [3.05, 3.63) is 0 Å². The van der Waals surface area contributed by atoms with Crippen LogP contribution in [-0.4, -0.2) is 30.6 Å². The molecule has 0 aliphatic carbocycles. The highest BCUT2D eigenvalue weighted by atomic mass is 15.1. The van der Waals surface area contributed by atoms with Gasteiger partial charge in [0, 0.05) is 12.6 Å². The second kappa shape index (κ2) is 4.73. The SMILES string of the molecule is C[C@@H](N)CN1CCCCCC1. The van der Waals surface area contributed by atoms with Gasteiger partial charge in [-0.25, -0.2) is 0 Å². The molecule has 0 radical (unpaired) electrons. The van der Waals surface area contributed by atoms with E-state index in [1.165, 1.54) is 38.8 Å². The first kappa shape index (κ1) is 9.01. The summed E-state index contributed by atoms with van der Waals surface area (Å²) in [7, 11) is 0. The predicted octanol–water partition coefficient (Wildman–Crippen LogP) is 1.21. The lowest BCUT2D eigenvalue weighted by atomic mass is 10.2. The van der Waals surface area contributed by atoms with E-state index in [1.54, 1.807) is 0 Å². The van der Waals surface area contributed by atoms with Gasteiger partial charge in [0.25, 0.3) is 0 Å². The van der Waals surface area contributed by atoms with Gasteiger partial charge in [0.1, 0.15) is 0 Å². The Balaban J connectivity index is 2.20. The summed E-state index contributed by atoms with van der Waals surface area (Å²) >= 11 is 0. The Morgan fingerprint density at radius 2 is 1.73 bits per heavy atom. The molecule has 0 aromatic rings. The molecule has 66 valence electrons. The zero-order valence-corrected chi connectivity index (χ0v) is 7.55. The summed E-state index contributed by atoms with van der Waals surface area (Å²) < 4.78 is 0. The van der Waals surface area contributed by atoms with Crippen LogP contribution in [0.3, 0.4) is 0 Å². The quantitative estimate of drug-likeness (QED) is 0.651. The fraction of sp³-hybridized carbons (Fsp3) is 1.00. The maximum Gasteiger partial charge on any atom is 0.0139 e. The summed E-state index contributed by atoms with van der Waals surface area (Å²) in [4.78, 5) is 2.50. The van der Waals surface area contributed by atoms with Gasteiger partial charge in [0.2, 0.25) is 0 Å². The normalized spacial score (nSPS) is 24.5. The van der Waals surface area contributed by atoms with Crippen molar-refractivity contribution in [1.82, 2.24) is 4.90 Å². The molecule has 2 heteroatoms. The van der Waals surface area contributed by atoms with E-state index < -0.39 is 0 Å². The molecule has 0 bridgehead atoms. The Bertz CT molecular complexity index is 93.7. The highest BCUT2D eigenvalue weighted by Crippen LogP contribution is 2.09. The Morgan fingerprint density at radius 3 is 2.18 bits per heavy atom. The van der Waals surface area contributed by atoms with Gasteiger partial charge in [-0.05, 0) is 32.9 Å². The molecule has 2 nitrogen and oxygen atoms in total. The fourth-order valence-electron chi connectivity index (χ4n) is 1.73. The lowest BCUT2D eigenvalue weighted by Crippen LogP contribution is -2.36. The van der Waals surface area contributed by atoms with E-state index in [-0.39, 0.29) is 0 Å². The van der Waals surface area contributed by atoms with Crippen molar-refractivity contribution in [1.29, 1.82) is 0 Å². The molecular formula is C9H20N2. The summed E-state index contributed by atoms with van der Waals surface area (Å²) in [6, 6.07) is 0.341. The van der Waals surface area contributed by atoms with Crippen molar-refractivity contribution in [3.63, 3.8) is 0 Å². The molecule has 0 amide bonds. The van der Waals surface area contributed by atoms with E-state index >= 15 is 0 Å². The zero-order chi connectivity index (χ0) is 8.10. The first-order chi connectivity index (χ1) is 5.29. The molecule has 1 fully saturated rings. The molecule has 1 saturated heterocycles. The molecule has 11 heavy (non-hydrogen) atoms. The molecule has 1 rings (SSSR count). The number of likely N-dealkylation sites (tertiary alicyclic amines) is 1. The number of nitrogens with two attached hydrogens (primary N) is 1. The van der Waals surface area contributed by atoms with Crippen molar-refractivity contribution in [2.24, 2.45) is 5.73 Å². The average Bonchev–Trinajstić information content (AvgIpc) is 2.14. The van der Waals surface area contributed by atoms with E-state index in [4.69, 9.17) is 5.73 Å². The average molecular weight is 156 g/mol. The molecule has 1 aliphatic rings. The van der Waals surface area contributed by atoms with Gasteiger partial charge in [-0.3, -0.25) is 0 Å². The number of hydrogen-bond acceptors (Lipinski definition) is 2. The Labute approximate surface area is 69.8 Å². The minimum atomic E-state index is 0.341. The maximum absolute atomic E-state index is 5.73. The Kier molecular flexibility index (Phi) is 3.87. The number of rotatable bonds is 2. The minimum Gasteiger partial charge on any atom is -0.327 e. The van der Waals surface area contributed by atoms with Crippen LogP contribution in [0, 0.1) is 0 Å². The van der Waals surface area contributed by atoms with Crippen molar-refractivity contribution in [2.75, 3.05) is 19.6 Å². The van der Waals surface area contributed by atoms with Gasteiger partial charge in [-0.1, -0.05) is 12.8 Å². The Hall–Kier alpha value is -0.0800. The van der Waals surface area contributed by atoms with E-state index in [0.29, 0.717) is 6.04 Å². The summed E-state index contributed by atoms with van der Waals surface area (Å²) in [5.74, 6) is 0. The zero-order valence-electron chi connectivity index (χ0n) is 7.55. The highest BCUT2D eigenvalue weighted by molar-refractivity contribution is 4.67. The lowest BCUT2D eigenvalue weighted by molar-refractivity contribution is 0.272. The second-order valence-corrected chi connectivity index (χ2v) is 3.69. The van der Waals surface area contributed by atoms with Crippen molar-refractivity contribution in [3.8, 4) is 0 Å². The van der Waals surface area contributed by atoms with Crippen molar-refractivity contribution in [2.45, 2.75) is 38.6 Å². The summed E-state index contributed by atoms with van der Waals surface area (Å²) in [6.07, 6.45) is 5.56. The van der Waals surface area contributed by atoms with Gasteiger partial charge in [-0.15, -0.1) is 0 Å². The molecule has 2 N–H and O–H groups in total. The fourth-order valence-corrected chi connectivity index (χ4v) is 1.73. The third kappa shape index (κ3) is 3.73. The molecule has 0 aromatic carbocycles. The summed E-state index contributed by atoms with van der Waals surface area (Å²) in [6.45, 7) is 5.70. The van der Waals surface area contributed by atoms with Gasteiger partial charge >= 0.3 is 0 Å². The molecule has 1 atom stereocenters. The van der Waals surface area contributed by atoms with Crippen LogP contribution in [0.4, 0.5) is 0 Å². The molecule has 1 heterocycles. The van der Waals surface area contributed by atoms with Crippen LogP contribution in [0.15, 0.2) is 0 Å². The van der Waals surface area contributed by atoms with E-state index in [1.807, 2.05) is 0 Å². The van der Waals surface area contributed by atoms with Crippen LogP contribution in [0.1, 0.15) is 32.6 Å². The number of hydrogen-bond donors (Lipinski definition) is 1. The second-order valence-electron chi connectivity index (χ2n) is 3.69. The monoisotopic (exact) mass is 156 g/mol. The van der Waals surface area contributed by atoms with Gasteiger partial charge < -0.3 is 10.6 Å². The minimum absolute atomic E-state index is 0.341. The number of nitrogens with zero attached hydrogens (tertiary/aromatic N) is 1. The predicted molar refractivity (Wildman–Crippen MR) is 48.6 cm³/mol. The molecular weight excluding hydrogens is 136 g/mol. The lowest BCUT2D eigenvalue weighted by Gasteiger charge is -2.21. The van der Waals surface area contributed by atoms with Gasteiger partial charge in [-0.2, -0.15) is 0 Å². The topological polar surface area (TPSA) is 29.3 Å². The molecule has 0 spiro atoms. The van der Waals surface area contributed by atoms with E-state index in [9.17, 15) is 0 Å². The standard InChI is InChI=1S/C9H20N2/c1-9(10)8-11-6-4-2-3-5-7-11/h9H,2-8,10H2,1H3/t9-/m1/s1. The van der Waals surface area contributed by atoms with E-state index in [0.717, 1.165) is 6.54 Å². The van der Waals surface area contributed by atoms with Crippen LogP contribution in [0.2, 0.25) is 0 Å². The van der Waals surface area contributed by atoms with Crippen LogP contribution in [-0.2, 0) is 0 Å². The molecule has 1 aliphatic heterocycles. The molecule has 0 unspecified atom stereocenters. The molecule has 0 saturated carbocycles. The maximum atomic E-state index is 5.73. The van der Waals surface area contributed by atoms with Crippen LogP contribution in [0.5, 0.6) is 0 Å². The Morgan fingerprint density at radius 1 is 1.18 bits per heavy atom. The van der Waals surface area contributed by atoms with Crippen molar-refractivity contribution < 1.29 is 0 Å².